The highest BCUT2D eigenvalue weighted by Gasteiger charge is 2.31. The first-order chi connectivity index (χ1) is 9.48. The minimum atomic E-state index is -3.52. The first-order valence-electron chi connectivity index (χ1n) is 6.92. The summed E-state index contributed by atoms with van der Waals surface area (Å²) in [6.45, 7) is 5.43. The van der Waals surface area contributed by atoms with Crippen molar-refractivity contribution in [3.63, 3.8) is 0 Å². The van der Waals surface area contributed by atoms with Crippen LogP contribution in [0.5, 0.6) is 0 Å². The number of aromatic nitrogens is 2. The Labute approximate surface area is 120 Å². The fourth-order valence-electron chi connectivity index (χ4n) is 2.43. The number of aryl methyl sites for hydroxylation is 2. The number of piperidine rings is 1. The predicted molar refractivity (Wildman–Crippen MR) is 74.4 cm³/mol. The van der Waals surface area contributed by atoms with Crippen LogP contribution in [0.25, 0.3) is 0 Å². The van der Waals surface area contributed by atoms with Gasteiger partial charge in [0.05, 0.1) is 6.07 Å². The molecular formula is C13H20N4O2S. The van der Waals surface area contributed by atoms with Crippen molar-refractivity contribution < 1.29 is 8.42 Å². The lowest BCUT2D eigenvalue weighted by Gasteiger charge is -2.27. The van der Waals surface area contributed by atoms with E-state index in [9.17, 15) is 8.42 Å². The average molecular weight is 296 g/mol. The molecule has 0 amide bonds. The molecule has 0 radical (unpaired) electrons. The fraction of sp³-hybridized carbons (Fsp3) is 0.692. The van der Waals surface area contributed by atoms with Gasteiger partial charge in [-0.15, -0.1) is 0 Å². The second-order valence-corrected chi connectivity index (χ2v) is 7.01. The van der Waals surface area contributed by atoms with Crippen molar-refractivity contribution >= 4 is 10.0 Å². The predicted octanol–water partition coefficient (Wildman–Crippen LogP) is 1.53. The maximum absolute atomic E-state index is 12.5. The van der Waals surface area contributed by atoms with Crippen LogP contribution in [-0.2, 0) is 16.6 Å². The van der Waals surface area contributed by atoms with Gasteiger partial charge in [-0.3, -0.25) is 0 Å². The van der Waals surface area contributed by atoms with Gasteiger partial charge < -0.3 is 4.57 Å². The SMILES string of the molecule is CCCn1cc(S(=O)(=O)N2CCC(C#N)CC2)nc1C. The number of rotatable bonds is 4. The smallest absolute Gasteiger partial charge is 0.262 e. The molecular weight excluding hydrogens is 276 g/mol. The van der Waals surface area contributed by atoms with E-state index in [1.54, 1.807) is 6.20 Å². The van der Waals surface area contributed by atoms with Crippen molar-refractivity contribution in [3.8, 4) is 6.07 Å². The third-order valence-corrected chi connectivity index (χ3v) is 5.43. The molecule has 1 fully saturated rings. The van der Waals surface area contributed by atoms with Crippen LogP contribution in [0.4, 0.5) is 0 Å². The zero-order valence-electron chi connectivity index (χ0n) is 11.9. The van der Waals surface area contributed by atoms with Crippen molar-refractivity contribution in [2.24, 2.45) is 5.92 Å². The molecule has 2 heterocycles. The highest BCUT2D eigenvalue weighted by atomic mass is 32.2. The molecule has 1 aromatic rings. The third kappa shape index (κ3) is 2.86. The normalized spacial score (nSPS) is 18.1. The summed E-state index contributed by atoms with van der Waals surface area (Å²) in [5.41, 5.74) is 0. The number of hydrogen-bond donors (Lipinski definition) is 0. The molecule has 0 N–H and O–H groups in total. The lowest BCUT2D eigenvalue weighted by Crippen LogP contribution is -2.38. The van der Waals surface area contributed by atoms with E-state index in [-0.39, 0.29) is 10.9 Å². The minimum absolute atomic E-state index is 0.0270. The summed E-state index contributed by atoms with van der Waals surface area (Å²) in [5, 5.41) is 8.99. The molecule has 0 aromatic carbocycles. The van der Waals surface area contributed by atoms with E-state index in [1.807, 2.05) is 18.4 Å². The van der Waals surface area contributed by atoms with Crippen molar-refractivity contribution in [1.29, 1.82) is 5.26 Å². The van der Waals surface area contributed by atoms with Gasteiger partial charge in [0.25, 0.3) is 10.0 Å². The Morgan fingerprint density at radius 3 is 2.65 bits per heavy atom. The number of imidazole rings is 1. The summed E-state index contributed by atoms with van der Waals surface area (Å²) in [7, 11) is -3.52. The maximum atomic E-state index is 12.5. The monoisotopic (exact) mass is 296 g/mol. The molecule has 0 atom stereocenters. The molecule has 1 aromatic heterocycles. The Hall–Kier alpha value is -1.39. The van der Waals surface area contributed by atoms with Crippen LogP contribution < -0.4 is 0 Å². The quantitative estimate of drug-likeness (QED) is 0.844. The van der Waals surface area contributed by atoms with Crippen molar-refractivity contribution in [3.05, 3.63) is 12.0 Å². The molecule has 1 aliphatic heterocycles. The van der Waals surface area contributed by atoms with Crippen LogP contribution in [0.3, 0.4) is 0 Å². The van der Waals surface area contributed by atoms with E-state index >= 15 is 0 Å². The van der Waals surface area contributed by atoms with E-state index in [1.165, 1.54) is 4.31 Å². The van der Waals surface area contributed by atoms with Crippen LogP contribution in [0.1, 0.15) is 32.0 Å². The maximum Gasteiger partial charge on any atom is 0.262 e. The number of nitrogens with zero attached hydrogens (tertiary/aromatic N) is 4. The van der Waals surface area contributed by atoms with Crippen LogP contribution in [-0.4, -0.2) is 35.4 Å². The summed E-state index contributed by atoms with van der Waals surface area (Å²) in [6, 6.07) is 2.20. The Bertz CT molecular complexity index is 607. The zero-order chi connectivity index (χ0) is 14.8. The van der Waals surface area contributed by atoms with Gasteiger partial charge >= 0.3 is 0 Å². The van der Waals surface area contributed by atoms with Crippen LogP contribution >= 0.6 is 0 Å². The van der Waals surface area contributed by atoms with E-state index in [4.69, 9.17) is 5.26 Å². The van der Waals surface area contributed by atoms with Gasteiger partial charge in [0.1, 0.15) is 5.82 Å². The van der Waals surface area contributed by atoms with Crippen LogP contribution in [0.2, 0.25) is 0 Å². The van der Waals surface area contributed by atoms with E-state index in [0.29, 0.717) is 25.9 Å². The summed E-state index contributed by atoms with van der Waals surface area (Å²) >= 11 is 0. The van der Waals surface area contributed by atoms with E-state index in [0.717, 1.165) is 18.8 Å². The molecule has 2 rings (SSSR count). The Balaban J connectivity index is 2.19. The van der Waals surface area contributed by atoms with E-state index < -0.39 is 10.0 Å². The van der Waals surface area contributed by atoms with Gasteiger partial charge in [-0.25, -0.2) is 13.4 Å². The molecule has 0 aliphatic carbocycles. The lowest BCUT2D eigenvalue weighted by molar-refractivity contribution is 0.309. The van der Waals surface area contributed by atoms with Gasteiger partial charge in [-0.2, -0.15) is 9.57 Å². The molecule has 0 spiro atoms. The molecule has 0 bridgehead atoms. The van der Waals surface area contributed by atoms with Crippen molar-refractivity contribution in [1.82, 2.24) is 13.9 Å². The topological polar surface area (TPSA) is 79.0 Å². The van der Waals surface area contributed by atoms with Gasteiger partial charge in [0, 0.05) is 31.7 Å². The first-order valence-corrected chi connectivity index (χ1v) is 8.36. The highest BCUT2D eigenvalue weighted by molar-refractivity contribution is 7.89. The molecule has 0 unspecified atom stereocenters. The summed E-state index contributed by atoms with van der Waals surface area (Å²) < 4.78 is 28.4. The number of hydrogen-bond acceptors (Lipinski definition) is 4. The van der Waals surface area contributed by atoms with Crippen LogP contribution in [0.15, 0.2) is 11.2 Å². The second-order valence-electron chi connectivity index (χ2n) is 5.13. The van der Waals surface area contributed by atoms with Gasteiger partial charge in [-0.1, -0.05) is 6.92 Å². The van der Waals surface area contributed by atoms with Crippen molar-refractivity contribution in [2.75, 3.05) is 13.1 Å². The molecule has 20 heavy (non-hydrogen) atoms. The first kappa shape index (κ1) is 15.0. The molecule has 110 valence electrons. The Morgan fingerprint density at radius 2 is 2.10 bits per heavy atom. The molecule has 1 aliphatic rings. The number of nitriles is 1. The van der Waals surface area contributed by atoms with Gasteiger partial charge in [0.15, 0.2) is 5.03 Å². The second kappa shape index (κ2) is 5.94. The third-order valence-electron chi connectivity index (χ3n) is 3.66. The lowest BCUT2D eigenvalue weighted by atomic mass is 10.0. The largest absolute Gasteiger partial charge is 0.334 e. The summed E-state index contributed by atoms with van der Waals surface area (Å²) in [4.78, 5) is 4.18. The van der Waals surface area contributed by atoms with Gasteiger partial charge in [0.2, 0.25) is 0 Å². The van der Waals surface area contributed by atoms with E-state index in [2.05, 4.69) is 11.1 Å². The summed E-state index contributed by atoms with van der Waals surface area (Å²) in [5.74, 6) is 0.693. The fourth-order valence-corrected chi connectivity index (χ4v) is 3.89. The molecule has 7 heteroatoms. The Kier molecular flexibility index (Phi) is 4.45. The van der Waals surface area contributed by atoms with Gasteiger partial charge in [-0.05, 0) is 26.2 Å². The standard InChI is InChI=1S/C13H20N4O2S/c1-3-6-16-10-13(15-11(16)2)20(18,19)17-7-4-12(9-14)5-8-17/h10,12H,3-8H2,1-2H3. The van der Waals surface area contributed by atoms with Crippen LogP contribution in [0, 0.1) is 24.2 Å². The van der Waals surface area contributed by atoms with Crippen molar-refractivity contribution in [2.45, 2.75) is 44.7 Å². The Morgan fingerprint density at radius 1 is 1.45 bits per heavy atom. The zero-order valence-corrected chi connectivity index (χ0v) is 12.7. The molecule has 1 saturated heterocycles. The average Bonchev–Trinajstić information content (AvgIpc) is 2.81. The minimum Gasteiger partial charge on any atom is -0.334 e. The number of sulfonamides is 1. The summed E-state index contributed by atoms with van der Waals surface area (Å²) in [6.07, 6.45) is 3.75. The molecule has 0 saturated carbocycles. The highest BCUT2D eigenvalue weighted by Crippen LogP contribution is 2.23. The molecule has 6 nitrogen and oxygen atoms in total.